The molecule has 0 bridgehead atoms. The lowest BCUT2D eigenvalue weighted by Gasteiger charge is -2.27. The first-order chi connectivity index (χ1) is 23.7. The van der Waals surface area contributed by atoms with Crippen molar-refractivity contribution in [3.8, 4) is 0 Å². The summed E-state index contributed by atoms with van der Waals surface area (Å²) >= 11 is 7.25. The van der Waals surface area contributed by atoms with Crippen LogP contribution in [0.2, 0.25) is 5.02 Å². The molecule has 1 unspecified atom stereocenters. The van der Waals surface area contributed by atoms with Crippen LogP contribution in [0.5, 0.6) is 0 Å². The van der Waals surface area contributed by atoms with Crippen LogP contribution in [0.3, 0.4) is 0 Å². The lowest BCUT2D eigenvalue weighted by atomic mass is 9.82. The van der Waals surface area contributed by atoms with E-state index in [4.69, 9.17) is 11.6 Å². The van der Waals surface area contributed by atoms with Gasteiger partial charge in [-0.25, -0.2) is 0 Å². The maximum absolute atomic E-state index is 12.4. The Balaban J connectivity index is 1.54. The van der Waals surface area contributed by atoms with Crippen LogP contribution >= 0.6 is 11.6 Å². The highest BCUT2D eigenvalue weighted by Gasteiger charge is 2.25. The number of anilines is 5. The number of nitrogens with one attached hydrogen (secondary N) is 1. The van der Waals surface area contributed by atoms with Crippen molar-refractivity contribution in [2.45, 2.75) is 31.6 Å². The molecule has 0 fully saturated rings. The Morgan fingerprint density at radius 3 is 1.73 bits per heavy atom. The Kier molecular flexibility index (Phi) is 10.2. The summed E-state index contributed by atoms with van der Waals surface area (Å²) in [5.74, 6) is -0.357. The molecule has 49 heavy (non-hydrogen) atoms. The van der Waals surface area contributed by atoms with Gasteiger partial charge in [0, 0.05) is 64.4 Å². The summed E-state index contributed by atoms with van der Waals surface area (Å²) in [7, 11) is -4.45. The number of para-hydroxylation sites is 2. The zero-order valence-electron chi connectivity index (χ0n) is 27.8. The molecule has 0 aliphatic carbocycles. The molecular weight excluding hydrogens is 650 g/mol. The maximum atomic E-state index is 12.4. The van der Waals surface area contributed by atoms with E-state index in [9.17, 15) is 13.0 Å². The van der Waals surface area contributed by atoms with Crippen molar-refractivity contribution in [2.75, 3.05) is 34.8 Å². The third-order valence-electron chi connectivity index (χ3n) is 8.91. The summed E-state index contributed by atoms with van der Waals surface area (Å²) in [5, 5.41) is 5.55. The lowest BCUT2D eigenvalue weighted by molar-refractivity contribution is 0.483. The van der Waals surface area contributed by atoms with Crippen LogP contribution in [0.15, 0.2) is 138 Å². The highest BCUT2D eigenvalue weighted by Crippen LogP contribution is 2.43. The van der Waals surface area contributed by atoms with E-state index < -0.39 is 10.1 Å². The minimum atomic E-state index is -4.45. The second-order valence-electron chi connectivity index (χ2n) is 11.8. The zero-order valence-corrected chi connectivity index (χ0v) is 29.4. The molecule has 6 aromatic rings. The highest BCUT2D eigenvalue weighted by atomic mass is 35.5. The number of rotatable bonds is 12. The smallest absolute Gasteiger partial charge is 0.294 e. The van der Waals surface area contributed by atoms with Crippen molar-refractivity contribution >= 4 is 60.9 Å². The first kappa shape index (κ1) is 34.1. The SMILES string of the molecule is CCNc1ccc(C(c2ccc(N(CC)c3ccccc3)cc2)c2ccc(N(CC)c3ccccc3)cc2Cl)c2cc(S(=O)(=O)O)ccc12. The summed E-state index contributed by atoms with van der Waals surface area (Å²) < 4.78 is 34.8. The summed E-state index contributed by atoms with van der Waals surface area (Å²) in [4.78, 5) is 4.30. The zero-order chi connectivity index (χ0) is 34.5. The fraction of sp³-hybridized carbons (Fsp3) is 0.171. The van der Waals surface area contributed by atoms with Crippen molar-refractivity contribution < 1.29 is 13.0 Å². The Morgan fingerprint density at radius 1 is 0.633 bits per heavy atom. The third-order valence-corrected chi connectivity index (χ3v) is 10.1. The van der Waals surface area contributed by atoms with Gasteiger partial charge in [0.15, 0.2) is 0 Å². The molecule has 0 aliphatic heterocycles. The Hall–Kier alpha value is -4.82. The van der Waals surface area contributed by atoms with E-state index in [1.807, 2.05) is 61.5 Å². The summed E-state index contributed by atoms with van der Waals surface area (Å²) in [6.07, 6.45) is 0. The molecule has 6 aromatic carbocycles. The molecule has 0 saturated heterocycles. The number of hydrogen-bond acceptors (Lipinski definition) is 5. The normalized spacial score (nSPS) is 12.1. The van der Waals surface area contributed by atoms with E-state index in [0.717, 1.165) is 63.6 Å². The van der Waals surface area contributed by atoms with E-state index in [-0.39, 0.29) is 10.8 Å². The monoisotopic (exact) mass is 689 g/mol. The molecule has 2 N–H and O–H groups in total. The van der Waals surface area contributed by atoms with E-state index in [1.165, 1.54) is 6.07 Å². The number of benzene rings is 6. The largest absolute Gasteiger partial charge is 0.385 e. The third kappa shape index (κ3) is 7.15. The van der Waals surface area contributed by atoms with Gasteiger partial charge < -0.3 is 15.1 Å². The van der Waals surface area contributed by atoms with Gasteiger partial charge in [-0.15, -0.1) is 0 Å². The molecule has 250 valence electrons. The molecule has 6 rings (SSSR count). The van der Waals surface area contributed by atoms with Crippen LogP contribution in [-0.2, 0) is 10.1 Å². The van der Waals surface area contributed by atoms with Crippen molar-refractivity contribution in [1.82, 2.24) is 0 Å². The molecule has 0 spiro atoms. The molecule has 0 aromatic heterocycles. The number of nitrogens with zero attached hydrogens (tertiary/aromatic N) is 2. The van der Waals surface area contributed by atoms with Gasteiger partial charge in [-0.2, -0.15) is 8.42 Å². The van der Waals surface area contributed by atoms with Gasteiger partial charge in [0.25, 0.3) is 10.1 Å². The minimum absolute atomic E-state index is 0.159. The molecule has 8 heteroatoms. The highest BCUT2D eigenvalue weighted by molar-refractivity contribution is 7.85. The van der Waals surface area contributed by atoms with Gasteiger partial charge in [-0.1, -0.05) is 78.3 Å². The van der Waals surface area contributed by atoms with Crippen molar-refractivity contribution in [1.29, 1.82) is 0 Å². The second kappa shape index (κ2) is 14.7. The second-order valence-corrected chi connectivity index (χ2v) is 13.6. The number of hydrogen-bond donors (Lipinski definition) is 2. The summed E-state index contributed by atoms with van der Waals surface area (Å²) in [6, 6.07) is 43.9. The average Bonchev–Trinajstić information content (AvgIpc) is 3.11. The fourth-order valence-corrected chi connectivity index (χ4v) is 7.43. The van der Waals surface area contributed by atoms with Crippen molar-refractivity contribution in [2.24, 2.45) is 0 Å². The van der Waals surface area contributed by atoms with Crippen LogP contribution in [0.1, 0.15) is 43.4 Å². The van der Waals surface area contributed by atoms with Gasteiger partial charge in [0.1, 0.15) is 0 Å². The van der Waals surface area contributed by atoms with E-state index in [2.05, 4.69) is 89.6 Å². The average molecular weight is 690 g/mol. The van der Waals surface area contributed by atoms with Crippen LogP contribution in [-0.4, -0.2) is 32.6 Å². The molecule has 0 aliphatic rings. The van der Waals surface area contributed by atoms with Gasteiger partial charge in [-0.3, -0.25) is 4.55 Å². The fourth-order valence-electron chi connectivity index (χ4n) is 6.64. The molecule has 0 amide bonds. The van der Waals surface area contributed by atoms with Crippen LogP contribution in [0.25, 0.3) is 10.8 Å². The first-order valence-electron chi connectivity index (χ1n) is 16.6. The van der Waals surface area contributed by atoms with Crippen LogP contribution in [0, 0.1) is 0 Å². The topological polar surface area (TPSA) is 72.9 Å². The number of halogens is 1. The van der Waals surface area contributed by atoms with Gasteiger partial charge in [0.2, 0.25) is 0 Å². The van der Waals surface area contributed by atoms with Crippen molar-refractivity contribution in [3.05, 3.63) is 155 Å². The molecule has 6 nitrogen and oxygen atoms in total. The van der Waals surface area contributed by atoms with Crippen LogP contribution in [0.4, 0.5) is 28.4 Å². The molecule has 0 heterocycles. The Labute approximate surface area is 294 Å². The van der Waals surface area contributed by atoms with Gasteiger partial charge >= 0.3 is 0 Å². The molecule has 0 saturated carbocycles. The Bertz CT molecular complexity index is 2160. The molecule has 0 radical (unpaired) electrons. The molecule has 1 atom stereocenters. The predicted molar refractivity (Wildman–Crippen MR) is 205 cm³/mol. The summed E-state index contributed by atoms with van der Waals surface area (Å²) in [6.45, 7) is 8.50. The van der Waals surface area contributed by atoms with Crippen LogP contribution < -0.4 is 15.1 Å². The van der Waals surface area contributed by atoms with E-state index >= 15 is 0 Å². The molecular formula is C41H40ClN3O3S. The van der Waals surface area contributed by atoms with Gasteiger partial charge in [0.05, 0.1) is 4.90 Å². The number of fused-ring (bicyclic) bond motifs is 1. The van der Waals surface area contributed by atoms with Gasteiger partial charge in [-0.05, 0) is 110 Å². The van der Waals surface area contributed by atoms with E-state index in [0.29, 0.717) is 17.0 Å². The Morgan fingerprint density at radius 2 is 1.18 bits per heavy atom. The summed E-state index contributed by atoms with van der Waals surface area (Å²) in [5.41, 5.74) is 7.83. The minimum Gasteiger partial charge on any atom is -0.385 e. The first-order valence-corrected chi connectivity index (χ1v) is 18.4. The quantitative estimate of drug-likeness (QED) is 0.0984. The van der Waals surface area contributed by atoms with E-state index in [1.54, 1.807) is 12.1 Å². The maximum Gasteiger partial charge on any atom is 0.294 e. The standard InChI is InChI=1S/C41H40ClN3O3S/c1-4-43-40-26-25-36(38-28-34(49(46,47)48)22-24-35(38)40)41(29-17-19-32(20-18-29)44(5-2)30-13-9-7-10-14-30)37-23-21-33(27-39(37)42)45(6-3)31-15-11-8-12-16-31/h7-28,41,43H,4-6H2,1-3H3,(H,46,47,48). The lowest BCUT2D eigenvalue weighted by Crippen LogP contribution is -2.16. The predicted octanol–water partition coefficient (Wildman–Crippen LogP) is 10.7. The van der Waals surface area contributed by atoms with Crippen molar-refractivity contribution in [3.63, 3.8) is 0 Å².